The zero-order chi connectivity index (χ0) is 29.3. The predicted octanol–water partition coefficient (Wildman–Crippen LogP) is 2.02. The van der Waals surface area contributed by atoms with Gasteiger partial charge in [0, 0.05) is 46.0 Å². The van der Waals surface area contributed by atoms with Crippen molar-refractivity contribution in [3.8, 4) is 0 Å². The Labute approximate surface area is 242 Å². The lowest BCUT2D eigenvalue weighted by atomic mass is 10.1. The smallest absolute Gasteiger partial charge is 0.332 e. The van der Waals surface area contributed by atoms with Crippen LogP contribution in [0.1, 0.15) is 16.7 Å². The van der Waals surface area contributed by atoms with E-state index in [1.54, 1.807) is 7.05 Å². The Morgan fingerprint density at radius 3 is 2.22 bits per heavy atom. The van der Waals surface area contributed by atoms with Gasteiger partial charge in [0.2, 0.25) is 5.95 Å². The molecule has 2 aromatic carbocycles. The number of benzene rings is 2. The second-order valence-corrected chi connectivity index (χ2v) is 10.6. The van der Waals surface area contributed by atoms with Crippen molar-refractivity contribution in [1.82, 2.24) is 23.6 Å². The summed E-state index contributed by atoms with van der Waals surface area (Å²) in [6.45, 7) is 5.04. The highest BCUT2D eigenvalue weighted by Crippen LogP contribution is 2.23. The third kappa shape index (κ3) is 5.73. The molecule has 41 heavy (non-hydrogen) atoms. The zero-order valence-electron chi connectivity index (χ0n) is 23.6. The predicted molar refractivity (Wildman–Crippen MR) is 163 cm³/mol. The molecule has 0 spiro atoms. The maximum Gasteiger partial charge on any atom is 0.332 e. The Hall–Kier alpha value is -4.45. The zero-order valence-corrected chi connectivity index (χ0v) is 24.4. The van der Waals surface area contributed by atoms with E-state index in [0.717, 1.165) is 26.9 Å². The fraction of sp³-hybridized carbons (Fsp3) is 0.345. The third-order valence-corrected chi connectivity index (χ3v) is 7.78. The minimum Gasteiger partial charge on any atom is -0.469 e. The van der Waals surface area contributed by atoms with Gasteiger partial charge in [-0.05, 0) is 42.4 Å². The van der Waals surface area contributed by atoms with Crippen LogP contribution in [0.4, 0.5) is 11.6 Å². The monoisotopic (exact) mass is 575 g/mol. The topological polar surface area (TPSA) is 107 Å². The molecule has 4 aromatic rings. The van der Waals surface area contributed by atoms with Gasteiger partial charge >= 0.3 is 11.7 Å². The number of hydrogen-bond donors (Lipinski definition) is 1. The number of hydrogen-bond acceptors (Lipinski definition) is 7. The van der Waals surface area contributed by atoms with Gasteiger partial charge in [-0.25, -0.2) is 4.79 Å². The van der Waals surface area contributed by atoms with Crippen LogP contribution in [-0.4, -0.2) is 68.0 Å². The van der Waals surface area contributed by atoms with Crippen LogP contribution in [0, 0.1) is 6.92 Å². The Morgan fingerprint density at radius 1 is 0.951 bits per heavy atom. The molecule has 1 N–H and O–H groups in total. The lowest BCUT2D eigenvalue weighted by molar-refractivity contribution is -0.139. The third-order valence-electron chi connectivity index (χ3n) is 7.42. The molecule has 0 aliphatic carbocycles. The number of carbonyl (C=O) groups excluding carboxylic acids is 1. The number of esters is 1. The van der Waals surface area contributed by atoms with Crippen LogP contribution in [0.15, 0.2) is 58.1 Å². The maximum atomic E-state index is 13.3. The molecule has 214 valence electrons. The van der Waals surface area contributed by atoms with E-state index in [0.29, 0.717) is 54.9 Å². The number of rotatable bonds is 6. The highest BCUT2D eigenvalue weighted by molar-refractivity contribution is 7.80. The van der Waals surface area contributed by atoms with Crippen molar-refractivity contribution in [2.24, 2.45) is 14.1 Å². The first-order valence-corrected chi connectivity index (χ1v) is 13.8. The van der Waals surface area contributed by atoms with Crippen molar-refractivity contribution in [3.63, 3.8) is 0 Å². The summed E-state index contributed by atoms with van der Waals surface area (Å²) in [6.07, 6.45) is 0.220. The first kappa shape index (κ1) is 28.1. The molecule has 1 aliphatic heterocycles. The summed E-state index contributed by atoms with van der Waals surface area (Å²) >= 11 is 5.69. The lowest BCUT2D eigenvalue weighted by Gasteiger charge is -2.36. The van der Waals surface area contributed by atoms with Gasteiger partial charge in [-0.3, -0.25) is 23.3 Å². The molecule has 0 saturated carbocycles. The van der Waals surface area contributed by atoms with Crippen LogP contribution in [0.25, 0.3) is 11.2 Å². The van der Waals surface area contributed by atoms with E-state index in [1.807, 2.05) is 60.0 Å². The molecule has 0 atom stereocenters. The molecule has 2 aromatic heterocycles. The molecule has 3 heterocycles. The van der Waals surface area contributed by atoms with E-state index < -0.39 is 5.69 Å². The molecule has 0 radical (unpaired) electrons. The second kappa shape index (κ2) is 11.6. The number of fused-ring (bicyclic) bond motifs is 1. The largest absolute Gasteiger partial charge is 0.469 e. The van der Waals surface area contributed by atoms with Crippen LogP contribution in [0.5, 0.6) is 0 Å². The van der Waals surface area contributed by atoms with Gasteiger partial charge in [0.15, 0.2) is 16.3 Å². The van der Waals surface area contributed by atoms with E-state index in [4.69, 9.17) is 21.9 Å². The number of aromatic nitrogens is 4. The molecule has 0 amide bonds. The number of methoxy groups -OCH3 is 1. The van der Waals surface area contributed by atoms with E-state index in [1.165, 1.54) is 18.7 Å². The van der Waals surface area contributed by atoms with Gasteiger partial charge in [0.05, 0.1) is 20.1 Å². The lowest BCUT2D eigenvalue weighted by Crippen LogP contribution is -2.50. The van der Waals surface area contributed by atoms with Crippen LogP contribution in [-0.2, 0) is 36.6 Å². The summed E-state index contributed by atoms with van der Waals surface area (Å²) < 4.78 is 9.20. The van der Waals surface area contributed by atoms with Crippen LogP contribution < -0.4 is 21.5 Å². The molecule has 0 bridgehead atoms. The second-order valence-electron chi connectivity index (χ2n) is 10.2. The molecular formula is C29H33N7O4S. The van der Waals surface area contributed by atoms with E-state index in [9.17, 15) is 14.4 Å². The van der Waals surface area contributed by atoms with Crippen molar-refractivity contribution in [2.45, 2.75) is 19.9 Å². The van der Waals surface area contributed by atoms with Gasteiger partial charge in [-0.1, -0.05) is 42.0 Å². The molecule has 1 saturated heterocycles. The Kier molecular flexibility index (Phi) is 7.93. The first-order valence-electron chi connectivity index (χ1n) is 13.3. The standard InChI is InChI=1S/C29H33N7O4S/c1-19-5-7-21(8-6-19)18-36-24-25(32(2)29(39)33(3)26(24)38)31-27(36)34-13-15-35(16-14-34)28(41)30-22-11-9-20(10-12-22)17-23(37)40-4/h5-12H,13-18H2,1-4H3,(H,30,41). The van der Waals surface area contributed by atoms with E-state index in [2.05, 4.69) is 15.1 Å². The van der Waals surface area contributed by atoms with Crippen molar-refractivity contribution >= 4 is 46.1 Å². The van der Waals surface area contributed by atoms with Gasteiger partial charge in [-0.2, -0.15) is 4.98 Å². The fourth-order valence-corrected chi connectivity index (χ4v) is 5.26. The summed E-state index contributed by atoms with van der Waals surface area (Å²) in [6, 6.07) is 15.7. The van der Waals surface area contributed by atoms with E-state index in [-0.39, 0.29) is 17.9 Å². The summed E-state index contributed by atoms with van der Waals surface area (Å²) in [7, 11) is 4.51. The molecule has 1 fully saturated rings. The number of piperazine rings is 1. The normalized spacial score (nSPS) is 13.5. The Morgan fingerprint density at radius 2 is 1.59 bits per heavy atom. The molecular weight excluding hydrogens is 542 g/mol. The van der Waals surface area contributed by atoms with Crippen molar-refractivity contribution in [3.05, 3.63) is 86.1 Å². The van der Waals surface area contributed by atoms with E-state index >= 15 is 0 Å². The number of nitrogens with zero attached hydrogens (tertiary/aromatic N) is 6. The van der Waals surface area contributed by atoms with Crippen LogP contribution in [0.2, 0.25) is 0 Å². The van der Waals surface area contributed by atoms with Gasteiger partial charge in [0.25, 0.3) is 5.56 Å². The van der Waals surface area contributed by atoms with Crippen LogP contribution >= 0.6 is 12.2 Å². The number of nitrogens with one attached hydrogen (secondary N) is 1. The minimum absolute atomic E-state index is 0.220. The number of carbonyl (C=O) groups is 1. The Balaban J connectivity index is 1.35. The van der Waals surface area contributed by atoms with Crippen molar-refractivity contribution < 1.29 is 9.53 Å². The molecule has 5 rings (SSSR count). The maximum absolute atomic E-state index is 13.3. The Bertz CT molecular complexity index is 1710. The highest BCUT2D eigenvalue weighted by Gasteiger charge is 2.26. The average Bonchev–Trinajstić information content (AvgIpc) is 3.36. The first-order chi connectivity index (χ1) is 19.7. The SMILES string of the molecule is COC(=O)Cc1ccc(NC(=S)N2CCN(c3nc4c(c(=O)n(C)c(=O)n4C)n3Cc3ccc(C)cc3)CC2)cc1. The highest BCUT2D eigenvalue weighted by atomic mass is 32.1. The minimum atomic E-state index is -0.409. The summed E-state index contributed by atoms with van der Waals surface area (Å²) in [5, 5.41) is 3.88. The van der Waals surface area contributed by atoms with Crippen molar-refractivity contribution in [1.29, 1.82) is 0 Å². The number of thiocarbonyl (C=S) groups is 1. The molecule has 12 heteroatoms. The van der Waals surface area contributed by atoms with Gasteiger partial charge in [0.1, 0.15) is 0 Å². The summed E-state index contributed by atoms with van der Waals surface area (Å²) in [4.78, 5) is 46.5. The van der Waals surface area contributed by atoms with Gasteiger partial charge in [-0.15, -0.1) is 0 Å². The summed E-state index contributed by atoms with van der Waals surface area (Å²) in [5.41, 5.74) is 3.89. The molecule has 11 nitrogen and oxygen atoms in total. The number of ether oxygens (including phenoxy) is 1. The molecule has 1 aliphatic rings. The van der Waals surface area contributed by atoms with Crippen LogP contribution in [0.3, 0.4) is 0 Å². The fourth-order valence-electron chi connectivity index (χ4n) is 4.96. The quantitative estimate of drug-likeness (QED) is 0.273. The summed E-state index contributed by atoms with van der Waals surface area (Å²) in [5.74, 6) is 0.368. The van der Waals surface area contributed by atoms with Crippen molar-refractivity contribution in [2.75, 3.05) is 43.5 Å². The number of imidazole rings is 1. The average molecular weight is 576 g/mol. The molecule has 0 unspecified atom stereocenters. The number of aryl methyl sites for hydroxylation is 2. The van der Waals surface area contributed by atoms with Gasteiger partial charge < -0.3 is 19.9 Å². The number of anilines is 2.